The van der Waals surface area contributed by atoms with E-state index in [1.165, 1.54) is 6.92 Å². The summed E-state index contributed by atoms with van der Waals surface area (Å²) in [4.78, 5) is 50.0. The van der Waals surface area contributed by atoms with E-state index >= 15 is 0 Å². The molecule has 1 aromatic rings. The highest BCUT2D eigenvalue weighted by Crippen LogP contribution is 2.49. The van der Waals surface area contributed by atoms with E-state index in [9.17, 15) is 23.6 Å². The lowest BCUT2D eigenvalue weighted by atomic mass is 10.00. The fourth-order valence-electron chi connectivity index (χ4n) is 3.16. The maximum Gasteiger partial charge on any atom is 0.330 e. The number of esters is 1. The van der Waals surface area contributed by atoms with E-state index in [0.29, 0.717) is 11.9 Å². The Labute approximate surface area is 245 Å². The van der Waals surface area contributed by atoms with Crippen LogP contribution in [0.25, 0.3) is 0 Å². The van der Waals surface area contributed by atoms with Gasteiger partial charge in [-0.15, -0.1) is 0 Å². The molecule has 0 aliphatic carbocycles. The molecule has 1 aliphatic heterocycles. The fraction of sp³-hybridized carbons (Fsp3) is 0.727. The first-order valence-corrected chi connectivity index (χ1v) is 16.3. The lowest BCUT2D eigenvalue weighted by Crippen LogP contribution is -2.38. The van der Waals surface area contributed by atoms with Crippen molar-refractivity contribution in [3.63, 3.8) is 0 Å². The summed E-state index contributed by atoms with van der Waals surface area (Å²) in [5.41, 5.74) is -2.69. The lowest BCUT2D eigenvalue weighted by Gasteiger charge is -2.27. The molecule has 222 valence electrons. The van der Waals surface area contributed by atoms with Crippen LogP contribution in [-0.2, 0) is 39.9 Å². The van der Waals surface area contributed by atoms with Crippen LogP contribution in [0.2, 0.25) is 0 Å². The molecule has 39 heavy (non-hydrogen) atoms. The van der Waals surface area contributed by atoms with Gasteiger partial charge in [-0.2, -0.15) is 4.39 Å². The predicted octanol–water partition coefficient (Wildman–Crippen LogP) is 3.63. The zero-order chi connectivity index (χ0) is 29.8. The molecule has 1 fully saturated rings. The van der Waals surface area contributed by atoms with Crippen LogP contribution in [0.3, 0.4) is 0 Å². The first-order chi connectivity index (χ1) is 17.8. The van der Waals surface area contributed by atoms with Crippen molar-refractivity contribution in [2.75, 3.05) is 19.0 Å². The predicted molar refractivity (Wildman–Crippen MR) is 151 cm³/mol. The molecule has 1 aliphatic rings. The Bertz CT molecular complexity index is 1210. The van der Waals surface area contributed by atoms with Crippen LogP contribution in [0.15, 0.2) is 15.8 Å². The molecule has 4 atom stereocenters. The Morgan fingerprint density at radius 3 is 2.56 bits per heavy atom. The molecule has 1 saturated heterocycles. The van der Waals surface area contributed by atoms with E-state index in [-0.39, 0.29) is 30.9 Å². The summed E-state index contributed by atoms with van der Waals surface area (Å²) in [7, 11) is 0. The van der Waals surface area contributed by atoms with Gasteiger partial charge in [0.2, 0.25) is 5.82 Å². The van der Waals surface area contributed by atoms with Gasteiger partial charge in [0.25, 0.3) is 12.2 Å². The van der Waals surface area contributed by atoms with Crippen molar-refractivity contribution < 1.29 is 32.5 Å². The molecule has 0 amide bonds. The SMILES string of the molecule is CC(C)OC(=O)[C@@H](C)N[P@](=S)(OCCSC(=O)C(C)(C)C)OC[C@@H]1CC(Cl)(Cl)[C@H](n2cc(F)c(=O)[nH]c2=O)O1. The minimum Gasteiger partial charge on any atom is -0.462 e. The molecule has 0 aromatic carbocycles. The average Bonchev–Trinajstić information content (AvgIpc) is 3.10. The number of aromatic amines is 1. The van der Waals surface area contributed by atoms with Crippen LogP contribution in [0.4, 0.5) is 4.39 Å². The summed E-state index contributed by atoms with van der Waals surface area (Å²) < 4.78 is 35.6. The van der Waals surface area contributed by atoms with Crippen LogP contribution in [0.5, 0.6) is 0 Å². The summed E-state index contributed by atoms with van der Waals surface area (Å²) in [6.45, 7) is 6.81. The van der Waals surface area contributed by atoms with Gasteiger partial charge in [-0.1, -0.05) is 55.7 Å². The molecular weight excluding hydrogens is 619 g/mol. The quantitative estimate of drug-likeness (QED) is 0.148. The number of carbonyl (C=O) groups is 2. The number of nitrogens with one attached hydrogen (secondary N) is 2. The van der Waals surface area contributed by atoms with E-state index in [2.05, 4.69) is 5.09 Å². The van der Waals surface area contributed by atoms with Gasteiger partial charge in [-0.3, -0.25) is 23.9 Å². The third kappa shape index (κ3) is 10.2. The molecule has 2 rings (SSSR count). The van der Waals surface area contributed by atoms with Gasteiger partial charge in [0.15, 0.2) is 15.7 Å². The van der Waals surface area contributed by atoms with Crippen LogP contribution >= 0.6 is 41.6 Å². The van der Waals surface area contributed by atoms with Gasteiger partial charge in [-0.05, 0) is 32.6 Å². The van der Waals surface area contributed by atoms with E-state index < -0.39 is 57.8 Å². The van der Waals surface area contributed by atoms with Crippen molar-refractivity contribution in [2.24, 2.45) is 5.41 Å². The lowest BCUT2D eigenvalue weighted by molar-refractivity contribution is -0.149. The summed E-state index contributed by atoms with van der Waals surface area (Å²) in [6, 6.07) is -0.887. The summed E-state index contributed by atoms with van der Waals surface area (Å²) >= 11 is 19.4. The molecule has 2 N–H and O–H groups in total. The Morgan fingerprint density at radius 1 is 1.33 bits per heavy atom. The highest BCUT2D eigenvalue weighted by molar-refractivity contribution is 8.13. The highest BCUT2D eigenvalue weighted by Gasteiger charge is 2.48. The smallest absolute Gasteiger partial charge is 0.330 e. The third-order valence-corrected chi connectivity index (χ3v) is 9.63. The molecule has 2 heterocycles. The normalized spacial score (nSPS) is 21.5. The van der Waals surface area contributed by atoms with Gasteiger partial charge in [-0.25, -0.2) is 9.88 Å². The maximum absolute atomic E-state index is 13.8. The van der Waals surface area contributed by atoms with Gasteiger partial charge in [0.05, 0.1) is 31.6 Å². The van der Waals surface area contributed by atoms with Gasteiger partial charge >= 0.3 is 11.7 Å². The van der Waals surface area contributed by atoms with E-state index in [1.54, 1.807) is 34.6 Å². The van der Waals surface area contributed by atoms with Gasteiger partial charge in [0.1, 0.15) is 6.04 Å². The second kappa shape index (κ2) is 13.9. The number of aromatic nitrogens is 2. The Balaban J connectivity index is 2.13. The number of nitrogens with zero attached hydrogens (tertiary/aromatic N) is 1. The number of halogens is 3. The van der Waals surface area contributed by atoms with Crippen molar-refractivity contribution in [3.8, 4) is 0 Å². The van der Waals surface area contributed by atoms with Crippen LogP contribution < -0.4 is 16.3 Å². The van der Waals surface area contributed by atoms with Crippen molar-refractivity contribution in [1.29, 1.82) is 0 Å². The molecule has 17 heteroatoms. The van der Waals surface area contributed by atoms with Crippen molar-refractivity contribution in [2.45, 2.75) is 76.8 Å². The summed E-state index contributed by atoms with van der Waals surface area (Å²) in [6.07, 6.45) is -1.92. The number of hydrogen-bond acceptors (Lipinski definition) is 10. The zero-order valence-corrected chi connectivity index (χ0v) is 26.4. The van der Waals surface area contributed by atoms with E-state index in [1.807, 2.05) is 4.98 Å². The zero-order valence-electron chi connectivity index (χ0n) is 22.3. The molecule has 11 nitrogen and oxygen atoms in total. The number of ether oxygens (including phenoxy) is 2. The Morgan fingerprint density at radius 2 is 1.97 bits per heavy atom. The van der Waals surface area contributed by atoms with Crippen molar-refractivity contribution in [1.82, 2.24) is 14.6 Å². The molecule has 0 radical (unpaired) electrons. The minimum atomic E-state index is -3.37. The summed E-state index contributed by atoms with van der Waals surface area (Å²) in [5.74, 6) is -1.50. The van der Waals surface area contributed by atoms with Gasteiger partial charge in [0, 0.05) is 17.6 Å². The number of hydrogen-bond donors (Lipinski definition) is 2. The molecule has 0 spiro atoms. The number of rotatable bonds is 12. The monoisotopic (exact) mass is 651 g/mol. The highest BCUT2D eigenvalue weighted by atomic mass is 35.5. The number of H-pyrrole nitrogens is 1. The fourth-order valence-corrected chi connectivity index (χ4v) is 7.11. The first-order valence-electron chi connectivity index (χ1n) is 11.9. The molecule has 0 bridgehead atoms. The number of thioether (sulfide) groups is 1. The van der Waals surface area contributed by atoms with Crippen LogP contribution in [0.1, 0.15) is 54.2 Å². The van der Waals surface area contributed by atoms with E-state index in [0.717, 1.165) is 16.3 Å². The van der Waals surface area contributed by atoms with Crippen LogP contribution in [0, 0.1) is 11.2 Å². The topological polar surface area (TPSA) is 138 Å². The van der Waals surface area contributed by atoms with Crippen molar-refractivity contribution >= 4 is 64.5 Å². The Hall–Kier alpha value is -0.830. The third-order valence-electron chi connectivity index (χ3n) is 5.04. The summed E-state index contributed by atoms with van der Waals surface area (Å²) in [5, 5.41) is 2.85. The molecule has 0 unspecified atom stereocenters. The number of alkyl halides is 2. The second-order valence-electron chi connectivity index (χ2n) is 10.1. The van der Waals surface area contributed by atoms with Crippen molar-refractivity contribution in [3.05, 3.63) is 32.9 Å². The molecule has 1 aromatic heterocycles. The standard InChI is InChI=1S/C22H33Cl2FN3O8PS2/c1-12(2)35-17(30)13(3)27-37(38,33-7-8-39-19(31)21(4,5)6)34-11-14-9-22(23,24)18(36-14)28-10-15(25)16(29)26-20(28)32/h10,12-14,18H,7-9,11H2,1-6H3,(H,27,38)(H,26,29,32)/t13-,14+,18-,37+/m1/s1. The second-order valence-corrected chi connectivity index (χ2v) is 15.9. The molecular formula is C22H33Cl2FN3O8PS2. The molecule has 0 saturated carbocycles. The first kappa shape index (κ1) is 34.4. The largest absolute Gasteiger partial charge is 0.462 e. The maximum atomic E-state index is 13.8. The van der Waals surface area contributed by atoms with Crippen LogP contribution in [-0.4, -0.2) is 62.2 Å². The minimum absolute atomic E-state index is 0.0259. The van der Waals surface area contributed by atoms with Gasteiger partial charge < -0.3 is 18.5 Å². The van der Waals surface area contributed by atoms with E-state index in [4.69, 9.17) is 53.5 Å². The number of carbonyl (C=O) groups excluding carboxylic acids is 2. The Kier molecular flexibility index (Phi) is 12.2. The average molecular weight is 653 g/mol.